The van der Waals surface area contributed by atoms with E-state index in [0.717, 1.165) is 15.6 Å². The van der Waals surface area contributed by atoms with E-state index in [4.69, 9.17) is 14.5 Å². The molecule has 1 aromatic heterocycles. The van der Waals surface area contributed by atoms with Crippen molar-refractivity contribution in [1.29, 1.82) is 0 Å². The number of esters is 1. The smallest absolute Gasteiger partial charge is 0.339 e. The van der Waals surface area contributed by atoms with Crippen molar-refractivity contribution in [3.63, 3.8) is 0 Å². The second kappa shape index (κ2) is 11.5. The number of fused-ring (bicyclic) bond motifs is 1. The van der Waals surface area contributed by atoms with Crippen LogP contribution in [0, 0.1) is 17.0 Å². The highest BCUT2D eigenvalue weighted by Gasteiger charge is 2.18. The van der Waals surface area contributed by atoms with Gasteiger partial charge >= 0.3 is 5.97 Å². The van der Waals surface area contributed by atoms with Gasteiger partial charge in [-0.2, -0.15) is 0 Å². The summed E-state index contributed by atoms with van der Waals surface area (Å²) in [6.07, 6.45) is 0. The molecule has 0 aliphatic heterocycles. The third kappa shape index (κ3) is 6.05. The molecule has 40 heavy (non-hydrogen) atoms. The minimum absolute atomic E-state index is 0.0396. The van der Waals surface area contributed by atoms with E-state index in [9.17, 15) is 19.7 Å². The summed E-state index contributed by atoms with van der Waals surface area (Å²) in [5, 5.41) is 11.4. The number of nitrogens with zero attached hydrogens (tertiary/aromatic N) is 2. The van der Waals surface area contributed by atoms with Crippen molar-refractivity contribution >= 4 is 44.3 Å². The highest BCUT2D eigenvalue weighted by atomic mass is 79.9. The highest BCUT2D eigenvalue weighted by Crippen LogP contribution is 2.28. The summed E-state index contributed by atoms with van der Waals surface area (Å²) in [5.74, 6) is -0.136. The van der Waals surface area contributed by atoms with Gasteiger partial charge in [-0.05, 0) is 73.7 Å². The van der Waals surface area contributed by atoms with E-state index in [1.807, 2.05) is 49.4 Å². The second-order valence-corrected chi connectivity index (χ2v) is 9.87. The highest BCUT2D eigenvalue weighted by molar-refractivity contribution is 9.10. The van der Waals surface area contributed by atoms with Crippen LogP contribution < -0.4 is 4.74 Å². The second-order valence-electron chi connectivity index (χ2n) is 8.96. The van der Waals surface area contributed by atoms with Crippen LogP contribution in [-0.2, 0) is 4.74 Å². The summed E-state index contributed by atoms with van der Waals surface area (Å²) in [7, 11) is 0. The average Bonchev–Trinajstić information content (AvgIpc) is 2.96. The number of ketones is 1. The Hall–Kier alpha value is -4.89. The van der Waals surface area contributed by atoms with E-state index < -0.39 is 17.5 Å². The molecule has 0 saturated carbocycles. The molecule has 1 heterocycles. The zero-order valence-electron chi connectivity index (χ0n) is 21.2. The molecule has 0 spiro atoms. The lowest BCUT2D eigenvalue weighted by Crippen LogP contribution is -2.15. The molecule has 9 heteroatoms. The number of rotatable bonds is 8. The number of benzene rings is 4. The fourth-order valence-corrected chi connectivity index (χ4v) is 4.31. The van der Waals surface area contributed by atoms with Crippen LogP contribution in [0.2, 0.25) is 0 Å². The molecule has 5 aromatic rings. The van der Waals surface area contributed by atoms with Crippen molar-refractivity contribution in [2.24, 2.45) is 0 Å². The van der Waals surface area contributed by atoms with Crippen LogP contribution in [0.4, 0.5) is 5.69 Å². The maximum absolute atomic E-state index is 13.2. The van der Waals surface area contributed by atoms with Gasteiger partial charge in [0.05, 0.1) is 21.7 Å². The lowest BCUT2D eigenvalue weighted by Gasteiger charge is -2.11. The summed E-state index contributed by atoms with van der Waals surface area (Å²) in [4.78, 5) is 41.0. The van der Waals surface area contributed by atoms with Crippen LogP contribution in [0.3, 0.4) is 0 Å². The van der Waals surface area contributed by atoms with Crippen molar-refractivity contribution < 1.29 is 24.0 Å². The topological polar surface area (TPSA) is 109 Å². The zero-order chi connectivity index (χ0) is 28.2. The Balaban J connectivity index is 1.30. The van der Waals surface area contributed by atoms with Gasteiger partial charge in [0.1, 0.15) is 11.5 Å². The standard InChI is InChI=1S/C31H21BrN2O6/c1-19-2-15-28-26(16-19)27(17-29(33-28)20-3-7-22(32)8-4-20)31(36)39-18-30(35)21-5-11-24(12-6-21)40-25-13-9-23(10-14-25)34(37)38/h2-17H,18H2,1H3. The Labute approximate surface area is 237 Å². The maximum atomic E-state index is 13.2. The van der Waals surface area contributed by atoms with E-state index >= 15 is 0 Å². The predicted molar refractivity (Wildman–Crippen MR) is 154 cm³/mol. The number of hydrogen-bond donors (Lipinski definition) is 0. The SMILES string of the molecule is Cc1ccc2nc(-c3ccc(Br)cc3)cc(C(=O)OCC(=O)c3ccc(Oc4ccc([N+](=O)[O-])cc4)cc3)c2c1. The normalized spacial score (nSPS) is 10.8. The Morgan fingerprint density at radius 3 is 2.17 bits per heavy atom. The van der Waals surface area contributed by atoms with Crippen molar-refractivity contribution in [3.8, 4) is 22.8 Å². The molecule has 0 saturated heterocycles. The van der Waals surface area contributed by atoms with Gasteiger partial charge in [0.15, 0.2) is 12.4 Å². The Bertz CT molecular complexity index is 1730. The molecule has 5 rings (SSSR count). The van der Waals surface area contributed by atoms with Crippen LogP contribution in [-0.4, -0.2) is 28.3 Å². The summed E-state index contributed by atoms with van der Waals surface area (Å²) < 4.78 is 12.1. The number of halogens is 1. The summed E-state index contributed by atoms with van der Waals surface area (Å²) in [6.45, 7) is 1.49. The quantitative estimate of drug-likeness (QED) is 0.0780. The molecule has 0 bridgehead atoms. The summed E-state index contributed by atoms with van der Waals surface area (Å²) >= 11 is 3.43. The molecule has 0 unspecified atom stereocenters. The Morgan fingerprint density at radius 1 is 0.875 bits per heavy atom. The monoisotopic (exact) mass is 596 g/mol. The van der Waals surface area contributed by atoms with Crippen molar-refractivity contribution in [2.45, 2.75) is 6.92 Å². The largest absolute Gasteiger partial charge is 0.457 e. The van der Waals surface area contributed by atoms with Gasteiger partial charge in [-0.25, -0.2) is 9.78 Å². The lowest BCUT2D eigenvalue weighted by molar-refractivity contribution is -0.384. The first-order valence-corrected chi connectivity index (χ1v) is 13.0. The third-order valence-electron chi connectivity index (χ3n) is 6.12. The van der Waals surface area contributed by atoms with Crippen LogP contribution in [0.15, 0.2) is 102 Å². The molecule has 0 aliphatic carbocycles. The number of carbonyl (C=O) groups excluding carboxylic acids is 2. The van der Waals surface area contributed by atoms with Gasteiger partial charge in [0.25, 0.3) is 5.69 Å². The van der Waals surface area contributed by atoms with E-state index in [2.05, 4.69) is 15.9 Å². The first-order valence-electron chi connectivity index (χ1n) is 12.2. The van der Waals surface area contributed by atoms with Crippen LogP contribution >= 0.6 is 15.9 Å². The lowest BCUT2D eigenvalue weighted by atomic mass is 10.0. The van der Waals surface area contributed by atoms with E-state index in [1.54, 1.807) is 30.3 Å². The third-order valence-corrected chi connectivity index (χ3v) is 6.65. The number of pyridine rings is 1. The molecule has 0 amide bonds. The number of nitro groups is 1. The van der Waals surface area contributed by atoms with Gasteiger partial charge in [0.2, 0.25) is 0 Å². The van der Waals surface area contributed by atoms with Crippen LogP contribution in [0.1, 0.15) is 26.3 Å². The van der Waals surface area contributed by atoms with Crippen molar-refractivity contribution in [3.05, 3.63) is 128 Å². The molecule has 0 N–H and O–H groups in total. The fraction of sp³-hybridized carbons (Fsp3) is 0.0645. The Kier molecular flexibility index (Phi) is 7.65. The first-order chi connectivity index (χ1) is 19.3. The molecule has 8 nitrogen and oxygen atoms in total. The van der Waals surface area contributed by atoms with Crippen molar-refractivity contribution in [2.75, 3.05) is 6.61 Å². The minimum Gasteiger partial charge on any atom is -0.457 e. The van der Waals surface area contributed by atoms with Crippen molar-refractivity contribution in [1.82, 2.24) is 4.98 Å². The van der Waals surface area contributed by atoms with Gasteiger partial charge < -0.3 is 9.47 Å². The number of nitro benzene ring substituents is 1. The Morgan fingerprint density at radius 2 is 1.52 bits per heavy atom. The van der Waals surface area contributed by atoms with Crippen LogP contribution in [0.5, 0.6) is 11.5 Å². The molecular weight excluding hydrogens is 576 g/mol. The van der Waals surface area contributed by atoms with Gasteiger partial charge in [-0.3, -0.25) is 14.9 Å². The minimum atomic E-state index is -0.622. The molecular formula is C31H21BrN2O6. The predicted octanol–water partition coefficient (Wildman–Crippen LogP) is 7.71. The molecule has 0 radical (unpaired) electrons. The molecule has 198 valence electrons. The van der Waals surface area contributed by atoms with Gasteiger partial charge in [-0.1, -0.05) is 39.7 Å². The fourth-order valence-electron chi connectivity index (χ4n) is 4.05. The zero-order valence-corrected chi connectivity index (χ0v) is 22.8. The number of Topliss-reactive ketones (excluding diaryl/α,β-unsaturated/α-hetero) is 1. The number of ether oxygens (including phenoxy) is 2. The number of hydrogen-bond acceptors (Lipinski definition) is 7. The van der Waals surface area contributed by atoms with Gasteiger partial charge in [0, 0.05) is 33.1 Å². The average molecular weight is 597 g/mol. The van der Waals surface area contributed by atoms with E-state index in [-0.39, 0.29) is 11.5 Å². The first kappa shape index (κ1) is 26.7. The van der Waals surface area contributed by atoms with Crippen LogP contribution in [0.25, 0.3) is 22.2 Å². The number of non-ortho nitro benzene ring substituents is 1. The van der Waals surface area contributed by atoms with E-state index in [1.165, 1.54) is 24.3 Å². The van der Waals surface area contributed by atoms with E-state index in [0.29, 0.717) is 39.2 Å². The summed E-state index contributed by atoms with van der Waals surface area (Å²) in [5.41, 5.74) is 3.70. The summed E-state index contributed by atoms with van der Waals surface area (Å²) in [6, 6.07) is 26.9. The van der Waals surface area contributed by atoms with Gasteiger partial charge in [-0.15, -0.1) is 0 Å². The molecule has 4 aromatic carbocycles. The molecule has 0 aliphatic rings. The number of aryl methyl sites for hydroxylation is 1. The number of aromatic nitrogens is 1. The maximum Gasteiger partial charge on any atom is 0.339 e. The number of carbonyl (C=O) groups is 2. The molecule has 0 fully saturated rings. The molecule has 0 atom stereocenters.